The van der Waals surface area contributed by atoms with Crippen LogP contribution >= 0.6 is 0 Å². The molecule has 0 aliphatic carbocycles. The molecule has 0 aliphatic heterocycles. The number of rotatable bonds is 5. The normalized spacial score (nSPS) is 9.86. The Kier molecular flexibility index (Phi) is 4.36. The summed E-state index contributed by atoms with van der Waals surface area (Å²) in [6, 6.07) is 16.2. The van der Waals surface area contributed by atoms with Crippen molar-refractivity contribution in [2.75, 3.05) is 17.2 Å². The lowest BCUT2D eigenvalue weighted by molar-refractivity contribution is -0.383. The Hall–Kier alpha value is -3.07. The third kappa shape index (κ3) is 3.28. The minimum absolute atomic E-state index is 0.107. The number of nitrogens with zero attached hydrogens (tertiary/aromatic N) is 3. The van der Waals surface area contributed by atoms with Gasteiger partial charge in [0, 0.05) is 24.0 Å². The van der Waals surface area contributed by atoms with E-state index in [2.05, 4.69) is 6.07 Å². The van der Waals surface area contributed by atoms with Crippen molar-refractivity contribution < 1.29 is 4.92 Å². The van der Waals surface area contributed by atoms with Gasteiger partial charge in [0.1, 0.15) is 5.69 Å². The maximum absolute atomic E-state index is 10.8. The first-order valence-electron chi connectivity index (χ1n) is 6.37. The van der Waals surface area contributed by atoms with Gasteiger partial charge in [-0.1, -0.05) is 18.2 Å². The van der Waals surface area contributed by atoms with E-state index in [1.165, 1.54) is 6.07 Å². The molecule has 21 heavy (non-hydrogen) atoms. The zero-order valence-corrected chi connectivity index (χ0v) is 11.3. The first kappa shape index (κ1) is 14.3. The maximum Gasteiger partial charge on any atom is 0.292 e. The standard InChI is InChI=1S/C15H14N4O2/c16-9-4-10-18(12-5-2-1-3-6-12)13-7-8-15(19(20)21)14(17)11-13/h1-3,5-8,11H,4,10,17H2. The molecule has 2 aromatic carbocycles. The molecule has 0 heterocycles. The molecule has 0 bridgehead atoms. The molecular formula is C15H14N4O2. The lowest BCUT2D eigenvalue weighted by Crippen LogP contribution is -2.18. The smallest absolute Gasteiger partial charge is 0.292 e. The molecular weight excluding hydrogens is 268 g/mol. The highest BCUT2D eigenvalue weighted by molar-refractivity contribution is 5.71. The van der Waals surface area contributed by atoms with Crippen molar-refractivity contribution in [1.82, 2.24) is 0 Å². The van der Waals surface area contributed by atoms with Gasteiger partial charge in [-0.3, -0.25) is 10.1 Å². The summed E-state index contributed by atoms with van der Waals surface area (Å²) in [6.45, 7) is 0.484. The van der Waals surface area contributed by atoms with Crippen LogP contribution in [0.1, 0.15) is 6.42 Å². The van der Waals surface area contributed by atoms with Crippen molar-refractivity contribution in [2.45, 2.75) is 6.42 Å². The molecule has 0 amide bonds. The van der Waals surface area contributed by atoms with E-state index in [1.807, 2.05) is 35.2 Å². The van der Waals surface area contributed by atoms with Gasteiger partial charge in [-0.05, 0) is 24.3 Å². The third-order valence-corrected chi connectivity index (χ3v) is 3.03. The summed E-state index contributed by atoms with van der Waals surface area (Å²) in [5.41, 5.74) is 7.35. The number of anilines is 3. The molecule has 0 unspecified atom stereocenters. The van der Waals surface area contributed by atoms with Gasteiger partial charge in [0.05, 0.1) is 17.4 Å². The molecule has 0 aromatic heterocycles. The quantitative estimate of drug-likeness (QED) is 0.516. The van der Waals surface area contributed by atoms with Gasteiger partial charge < -0.3 is 10.6 Å². The molecule has 0 fully saturated rings. The van der Waals surface area contributed by atoms with Crippen LogP contribution in [0.15, 0.2) is 48.5 Å². The molecule has 2 N–H and O–H groups in total. The van der Waals surface area contributed by atoms with E-state index in [0.717, 1.165) is 11.4 Å². The van der Waals surface area contributed by atoms with Crippen molar-refractivity contribution in [3.05, 3.63) is 58.6 Å². The zero-order chi connectivity index (χ0) is 15.2. The molecule has 0 aliphatic rings. The van der Waals surface area contributed by atoms with Gasteiger partial charge in [-0.2, -0.15) is 5.26 Å². The van der Waals surface area contributed by atoms with Crippen LogP contribution in [0.5, 0.6) is 0 Å². The highest BCUT2D eigenvalue weighted by Gasteiger charge is 2.15. The Balaban J connectivity index is 2.40. The minimum Gasteiger partial charge on any atom is -0.393 e. The second-order valence-electron chi connectivity index (χ2n) is 4.40. The predicted octanol–water partition coefficient (Wildman–Crippen LogP) is 3.23. The van der Waals surface area contributed by atoms with Crippen molar-refractivity contribution in [1.29, 1.82) is 5.26 Å². The SMILES string of the molecule is N#CCCN(c1ccccc1)c1ccc([N+](=O)[O-])c(N)c1. The number of nitriles is 1. The Morgan fingerprint density at radius 3 is 2.48 bits per heavy atom. The summed E-state index contributed by atoms with van der Waals surface area (Å²) in [4.78, 5) is 12.2. The van der Waals surface area contributed by atoms with Gasteiger partial charge in [-0.25, -0.2) is 0 Å². The largest absolute Gasteiger partial charge is 0.393 e. The van der Waals surface area contributed by atoms with Crippen LogP contribution in [0.25, 0.3) is 0 Å². The molecule has 0 saturated heterocycles. The number of nitro groups is 1. The second kappa shape index (κ2) is 6.39. The number of nitro benzene ring substituents is 1. The van der Waals surface area contributed by atoms with Crippen molar-refractivity contribution in [3.8, 4) is 6.07 Å². The second-order valence-corrected chi connectivity index (χ2v) is 4.40. The Morgan fingerprint density at radius 2 is 1.90 bits per heavy atom. The first-order valence-corrected chi connectivity index (χ1v) is 6.37. The van der Waals surface area contributed by atoms with Gasteiger partial charge in [-0.15, -0.1) is 0 Å². The van der Waals surface area contributed by atoms with Gasteiger partial charge in [0.15, 0.2) is 0 Å². The predicted molar refractivity (Wildman–Crippen MR) is 81.2 cm³/mol. The number of hydrogen-bond acceptors (Lipinski definition) is 5. The van der Waals surface area contributed by atoms with Crippen LogP contribution in [0.2, 0.25) is 0 Å². The summed E-state index contributed by atoms with van der Waals surface area (Å²) in [7, 11) is 0. The molecule has 2 aromatic rings. The minimum atomic E-state index is -0.513. The summed E-state index contributed by atoms with van der Waals surface area (Å²) >= 11 is 0. The van der Waals surface area contributed by atoms with Crippen LogP contribution in [0.3, 0.4) is 0 Å². The van der Waals surface area contributed by atoms with E-state index < -0.39 is 4.92 Å². The fourth-order valence-electron chi connectivity index (χ4n) is 2.05. The number of nitrogen functional groups attached to an aromatic ring is 1. The van der Waals surface area contributed by atoms with Crippen LogP contribution in [0.4, 0.5) is 22.7 Å². The Bertz CT molecular complexity index is 680. The average Bonchev–Trinajstić information content (AvgIpc) is 2.48. The first-order chi connectivity index (χ1) is 10.1. The molecule has 6 heteroatoms. The highest BCUT2D eigenvalue weighted by atomic mass is 16.6. The molecule has 0 spiro atoms. The monoisotopic (exact) mass is 282 g/mol. The molecule has 0 atom stereocenters. The van der Waals surface area contributed by atoms with Crippen molar-refractivity contribution >= 4 is 22.7 Å². The lowest BCUT2D eigenvalue weighted by Gasteiger charge is -2.24. The number of hydrogen-bond donors (Lipinski definition) is 1. The zero-order valence-electron chi connectivity index (χ0n) is 11.3. The van der Waals surface area contributed by atoms with Crippen LogP contribution in [-0.4, -0.2) is 11.5 Å². The number of nitrogens with two attached hydrogens (primary N) is 1. The molecule has 6 nitrogen and oxygen atoms in total. The summed E-state index contributed by atoms with van der Waals surface area (Å²) in [6.07, 6.45) is 0.339. The number of benzene rings is 2. The molecule has 0 radical (unpaired) electrons. The maximum atomic E-state index is 10.8. The molecule has 106 valence electrons. The van der Waals surface area contributed by atoms with Gasteiger partial charge >= 0.3 is 0 Å². The van der Waals surface area contributed by atoms with E-state index in [-0.39, 0.29) is 11.4 Å². The van der Waals surface area contributed by atoms with Gasteiger partial charge in [0.25, 0.3) is 5.69 Å². The number of para-hydroxylation sites is 1. The average molecular weight is 282 g/mol. The fourth-order valence-corrected chi connectivity index (χ4v) is 2.05. The van der Waals surface area contributed by atoms with E-state index in [1.54, 1.807) is 12.1 Å². The van der Waals surface area contributed by atoms with E-state index >= 15 is 0 Å². The van der Waals surface area contributed by atoms with Gasteiger partial charge in [0.2, 0.25) is 0 Å². The van der Waals surface area contributed by atoms with Crippen LogP contribution < -0.4 is 10.6 Å². The summed E-state index contributed by atoms with van der Waals surface area (Å²) in [5.74, 6) is 0. The molecule has 2 rings (SSSR count). The third-order valence-electron chi connectivity index (χ3n) is 3.03. The van der Waals surface area contributed by atoms with E-state index in [0.29, 0.717) is 13.0 Å². The molecule has 0 saturated carbocycles. The van der Waals surface area contributed by atoms with E-state index in [4.69, 9.17) is 11.0 Å². The van der Waals surface area contributed by atoms with E-state index in [9.17, 15) is 10.1 Å². The van der Waals surface area contributed by atoms with Crippen molar-refractivity contribution in [3.63, 3.8) is 0 Å². The summed E-state index contributed by atoms with van der Waals surface area (Å²) < 4.78 is 0. The Morgan fingerprint density at radius 1 is 1.19 bits per heavy atom. The lowest BCUT2D eigenvalue weighted by atomic mass is 10.2. The summed E-state index contributed by atoms with van der Waals surface area (Å²) in [5, 5.41) is 19.6. The van der Waals surface area contributed by atoms with Crippen molar-refractivity contribution in [2.24, 2.45) is 0 Å². The fraction of sp³-hybridized carbons (Fsp3) is 0.133. The van der Waals surface area contributed by atoms with Crippen LogP contribution in [-0.2, 0) is 0 Å². The highest BCUT2D eigenvalue weighted by Crippen LogP contribution is 2.31. The van der Waals surface area contributed by atoms with Crippen LogP contribution in [0, 0.1) is 21.4 Å². The topological polar surface area (TPSA) is 96.2 Å². The Labute approximate surface area is 122 Å².